The molecular weight excluding hydrogens is 479 g/mol. The molecule has 3 rings (SSSR count). The third kappa shape index (κ3) is 5.28. The van der Waals surface area contributed by atoms with E-state index in [1.54, 1.807) is 24.3 Å². The molecule has 6 nitrogen and oxygen atoms in total. The Kier molecular flexibility index (Phi) is 6.94. The molecule has 0 bridgehead atoms. The van der Waals surface area contributed by atoms with E-state index in [0.717, 1.165) is 23.8 Å². The molecule has 2 unspecified atom stereocenters. The van der Waals surface area contributed by atoms with Crippen molar-refractivity contribution in [2.75, 3.05) is 7.11 Å². The summed E-state index contributed by atoms with van der Waals surface area (Å²) < 4.78 is 38.7. The van der Waals surface area contributed by atoms with Crippen molar-refractivity contribution in [3.8, 4) is 11.5 Å². The van der Waals surface area contributed by atoms with Crippen LogP contribution in [0.4, 0.5) is 13.6 Å². The van der Waals surface area contributed by atoms with Crippen molar-refractivity contribution < 1.29 is 32.6 Å². The molecule has 1 fully saturated rings. The number of imide groups is 1. The van der Waals surface area contributed by atoms with Crippen LogP contribution in [0.5, 0.6) is 11.5 Å². The van der Waals surface area contributed by atoms with E-state index in [4.69, 9.17) is 9.47 Å². The number of carbonyl (C=O) groups excluding carboxylic acids is 3. The fourth-order valence-electron chi connectivity index (χ4n) is 2.63. The maximum atomic E-state index is 14.4. The van der Waals surface area contributed by atoms with Gasteiger partial charge in [0.05, 0.1) is 4.91 Å². The molecule has 0 aromatic heterocycles. The summed E-state index contributed by atoms with van der Waals surface area (Å²) in [5, 5.41) is 1.42. The molecule has 156 valence electrons. The molecular formula is C20H16AsF2NO5S. The van der Waals surface area contributed by atoms with Gasteiger partial charge in [0.2, 0.25) is 0 Å². The normalized spacial score (nSPS) is 15.8. The van der Waals surface area contributed by atoms with Crippen molar-refractivity contribution in [1.29, 1.82) is 0 Å². The molecule has 0 saturated carbocycles. The number of rotatable bonds is 6. The van der Waals surface area contributed by atoms with Crippen LogP contribution in [0.15, 0.2) is 41.3 Å². The van der Waals surface area contributed by atoms with E-state index in [2.05, 4.69) is 0 Å². The van der Waals surface area contributed by atoms with Crippen LogP contribution >= 0.6 is 11.8 Å². The summed E-state index contributed by atoms with van der Waals surface area (Å²) in [7, 11) is 1.34. The van der Waals surface area contributed by atoms with Gasteiger partial charge in [-0.2, -0.15) is 0 Å². The van der Waals surface area contributed by atoms with Crippen molar-refractivity contribution in [3.63, 3.8) is 0 Å². The summed E-state index contributed by atoms with van der Waals surface area (Å²) in [5.41, 5.74) is 0.451. The molecule has 1 aliphatic heterocycles. The number of hydrogen-bond donors (Lipinski definition) is 1. The van der Waals surface area contributed by atoms with Crippen LogP contribution in [0.1, 0.15) is 11.1 Å². The van der Waals surface area contributed by atoms with Crippen molar-refractivity contribution in [3.05, 3.63) is 64.1 Å². The molecule has 0 radical (unpaired) electrons. The van der Waals surface area contributed by atoms with Crippen molar-refractivity contribution in [2.24, 2.45) is 0 Å². The number of amides is 2. The Bertz CT molecular complexity index is 1020. The van der Waals surface area contributed by atoms with Crippen LogP contribution in [-0.2, 0) is 20.7 Å². The molecule has 0 spiro atoms. The SMILES string of the molecule is COC(=O)C([AsH2])Cc1ccc(Oc2cc(F)c(/C=C3/SC(=O)NC3=O)c(F)c2)cc1. The minimum absolute atomic E-state index is 0.0641. The fraction of sp³-hybridized carbons (Fsp3) is 0.150. The van der Waals surface area contributed by atoms with Gasteiger partial charge in [0, 0.05) is 0 Å². The number of hydrogen-bond acceptors (Lipinski definition) is 6. The zero-order chi connectivity index (χ0) is 21.8. The Morgan fingerprint density at radius 2 is 1.80 bits per heavy atom. The van der Waals surface area contributed by atoms with Gasteiger partial charge >= 0.3 is 141 Å². The maximum absolute atomic E-state index is 14.4. The molecule has 1 N–H and O–H groups in total. The summed E-state index contributed by atoms with van der Waals surface area (Å²) in [6, 6.07) is 8.74. The van der Waals surface area contributed by atoms with Crippen LogP contribution < -0.4 is 10.1 Å². The van der Waals surface area contributed by atoms with Gasteiger partial charge in [-0.05, 0) is 11.8 Å². The van der Waals surface area contributed by atoms with E-state index < -0.39 is 28.3 Å². The molecule has 0 aliphatic carbocycles. The zero-order valence-corrected chi connectivity index (χ0v) is 18.8. The fourth-order valence-corrected chi connectivity index (χ4v) is 4.15. The summed E-state index contributed by atoms with van der Waals surface area (Å²) in [5.74, 6) is -2.56. The van der Waals surface area contributed by atoms with Crippen LogP contribution in [0.2, 0.25) is 4.71 Å². The number of methoxy groups -OCH3 is 1. The average Bonchev–Trinajstić information content (AvgIpc) is 3.02. The third-order valence-electron chi connectivity index (χ3n) is 4.09. The molecule has 2 aromatic rings. The first-order chi connectivity index (χ1) is 14.3. The molecule has 10 heteroatoms. The van der Waals surface area contributed by atoms with Gasteiger partial charge < -0.3 is 0 Å². The van der Waals surface area contributed by atoms with Gasteiger partial charge in [0.25, 0.3) is 11.1 Å². The Morgan fingerprint density at radius 3 is 2.33 bits per heavy atom. The van der Waals surface area contributed by atoms with Crippen LogP contribution in [0, 0.1) is 11.6 Å². The van der Waals surface area contributed by atoms with Crippen LogP contribution in [-0.4, -0.2) is 41.1 Å². The molecule has 30 heavy (non-hydrogen) atoms. The van der Waals surface area contributed by atoms with Gasteiger partial charge in [-0.3, -0.25) is 14.9 Å². The predicted molar refractivity (Wildman–Crippen MR) is 110 cm³/mol. The quantitative estimate of drug-likeness (QED) is 0.377. The third-order valence-corrected chi connectivity index (χ3v) is 5.96. The first kappa shape index (κ1) is 22.1. The van der Waals surface area contributed by atoms with E-state index in [-0.39, 0.29) is 21.3 Å². The Labute approximate surface area is 183 Å². The first-order valence-corrected chi connectivity index (χ1v) is 10.8. The van der Waals surface area contributed by atoms with E-state index in [1.807, 2.05) is 5.32 Å². The van der Waals surface area contributed by atoms with Crippen LogP contribution in [0.25, 0.3) is 6.08 Å². The number of carbonyl (C=O) groups is 3. The Hall–Kier alpha value is -2.64. The van der Waals surface area contributed by atoms with E-state index >= 15 is 0 Å². The minimum atomic E-state index is -0.934. The number of esters is 1. The summed E-state index contributed by atoms with van der Waals surface area (Å²) in [6.07, 6.45) is 1.49. The topological polar surface area (TPSA) is 81.7 Å². The van der Waals surface area contributed by atoms with Crippen molar-refractivity contribution in [1.82, 2.24) is 5.32 Å². The van der Waals surface area contributed by atoms with E-state index in [1.165, 1.54) is 24.0 Å². The van der Waals surface area contributed by atoms with Gasteiger partial charge in [0.15, 0.2) is 0 Å². The standard InChI is InChI=1S/C20H16AsF2NO5S/c1-28-19(26)14(21)6-10-2-4-11(5-3-10)29-12-7-15(22)13(16(23)8-12)9-17-18(25)24-20(27)30-17/h2-5,7-9,14H,6,21H2,1H3,(H,24,25,27)/b17-9+. The van der Waals surface area contributed by atoms with Crippen molar-refractivity contribution in [2.45, 2.75) is 11.1 Å². The number of thioether (sulfide) groups is 1. The average molecular weight is 495 g/mol. The molecule has 1 heterocycles. The van der Waals surface area contributed by atoms with Crippen LogP contribution in [0.3, 0.4) is 0 Å². The number of benzene rings is 2. The summed E-state index contributed by atoms with van der Waals surface area (Å²) in [6.45, 7) is 0. The molecule has 2 amide bonds. The monoisotopic (exact) mass is 495 g/mol. The van der Waals surface area contributed by atoms with E-state index in [9.17, 15) is 23.2 Å². The summed E-state index contributed by atoms with van der Waals surface area (Å²) >= 11 is 1.83. The number of halogens is 2. The molecule has 2 atom stereocenters. The van der Waals surface area contributed by atoms with Crippen molar-refractivity contribution >= 4 is 51.8 Å². The molecule has 2 aromatic carbocycles. The van der Waals surface area contributed by atoms with Gasteiger partial charge in [0.1, 0.15) is 0 Å². The second kappa shape index (κ2) is 9.45. The van der Waals surface area contributed by atoms with Gasteiger partial charge in [-0.1, -0.05) is 0 Å². The molecule has 1 saturated heterocycles. The second-order valence-corrected chi connectivity index (χ2v) is 8.94. The van der Waals surface area contributed by atoms with Gasteiger partial charge in [-0.15, -0.1) is 0 Å². The Balaban J connectivity index is 1.73. The predicted octanol–water partition coefficient (Wildman–Crippen LogP) is 3.22. The number of nitrogens with one attached hydrogen (secondary N) is 1. The summed E-state index contributed by atoms with van der Waals surface area (Å²) in [4.78, 5) is 34.1. The van der Waals surface area contributed by atoms with E-state index in [0.29, 0.717) is 23.9 Å². The molecule has 1 aliphatic rings. The van der Waals surface area contributed by atoms with Gasteiger partial charge in [-0.25, -0.2) is 0 Å². The first-order valence-electron chi connectivity index (χ1n) is 8.61. The second-order valence-electron chi connectivity index (χ2n) is 6.23. The number of ether oxygens (including phenoxy) is 2. The zero-order valence-electron chi connectivity index (χ0n) is 15.6. The Morgan fingerprint density at radius 1 is 1.17 bits per heavy atom.